The van der Waals surface area contributed by atoms with Crippen molar-refractivity contribution in [2.75, 3.05) is 37.0 Å². The molecule has 3 rings (SSSR count). The van der Waals surface area contributed by atoms with Crippen LogP contribution in [0.2, 0.25) is 0 Å². The van der Waals surface area contributed by atoms with E-state index in [1.807, 2.05) is 13.1 Å². The highest BCUT2D eigenvalue weighted by Crippen LogP contribution is 2.24. The molecule has 2 N–H and O–H groups in total. The summed E-state index contributed by atoms with van der Waals surface area (Å²) in [5.74, 6) is 0.0575. The van der Waals surface area contributed by atoms with E-state index < -0.39 is 0 Å². The molecule has 1 aromatic heterocycles. The Labute approximate surface area is 118 Å². The first-order valence-corrected chi connectivity index (χ1v) is 7.05. The third-order valence-electron chi connectivity index (χ3n) is 3.70. The number of nitrogens with zero attached hydrogens (tertiary/aromatic N) is 2. The van der Waals surface area contributed by atoms with Gasteiger partial charge in [-0.25, -0.2) is 0 Å². The maximum atomic E-state index is 12.3. The summed E-state index contributed by atoms with van der Waals surface area (Å²) in [6.07, 6.45) is 5.75. The van der Waals surface area contributed by atoms with Crippen molar-refractivity contribution in [2.45, 2.75) is 24.9 Å². The van der Waals surface area contributed by atoms with Crippen LogP contribution in [0.1, 0.15) is 12.8 Å². The summed E-state index contributed by atoms with van der Waals surface area (Å²) in [6, 6.07) is 2.11. The topological polar surface area (TPSA) is 66.5 Å². The zero-order chi connectivity index (χ0) is 13.9. The lowest BCUT2D eigenvalue weighted by Crippen LogP contribution is -2.54. The SMILES string of the molecule is CNc1cncc(N2CCOCC2C(=O)NC2CC2)c1. The molecule has 1 amide bonds. The average Bonchev–Trinajstić information content (AvgIpc) is 3.31. The van der Waals surface area contributed by atoms with Crippen LogP contribution in [-0.4, -0.2) is 49.8 Å². The van der Waals surface area contributed by atoms with Crippen molar-refractivity contribution in [3.8, 4) is 0 Å². The van der Waals surface area contributed by atoms with Crippen molar-refractivity contribution in [3.05, 3.63) is 18.5 Å². The highest BCUT2D eigenvalue weighted by atomic mass is 16.5. The van der Waals surface area contributed by atoms with Crippen molar-refractivity contribution in [2.24, 2.45) is 0 Å². The van der Waals surface area contributed by atoms with Gasteiger partial charge >= 0.3 is 0 Å². The highest BCUT2D eigenvalue weighted by molar-refractivity contribution is 5.86. The number of hydrogen-bond donors (Lipinski definition) is 2. The van der Waals surface area contributed by atoms with E-state index in [9.17, 15) is 4.79 Å². The van der Waals surface area contributed by atoms with Crippen molar-refractivity contribution >= 4 is 17.3 Å². The molecular weight excluding hydrogens is 256 g/mol. The number of carbonyl (C=O) groups is 1. The van der Waals surface area contributed by atoms with Crippen LogP contribution in [-0.2, 0) is 9.53 Å². The quantitative estimate of drug-likeness (QED) is 0.843. The zero-order valence-electron chi connectivity index (χ0n) is 11.6. The summed E-state index contributed by atoms with van der Waals surface area (Å²) < 4.78 is 5.47. The molecule has 1 unspecified atom stereocenters. The molecule has 108 valence electrons. The second-order valence-corrected chi connectivity index (χ2v) is 5.25. The fraction of sp³-hybridized carbons (Fsp3) is 0.571. The number of aromatic nitrogens is 1. The number of amides is 1. The first-order valence-electron chi connectivity index (χ1n) is 7.05. The molecule has 6 heteroatoms. The van der Waals surface area contributed by atoms with E-state index in [1.165, 1.54) is 0 Å². The zero-order valence-corrected chi connectivity index (χ0v) is 11.6. The summed E-state index contributed by atoms with van der Waals surface area (Å²) in [7, 11) is 1.86. The fourth-order valence-corrected chi connectivity index (χ4v) is 2.38. The van der Waals surface area contributed by atoms with Crippen LogP contribution in [0.15, 0.2) is 18.5 Å². The molecule has 6 nitrogen and oxygen atoms in total. The number of morpholine rings is 1. The second-order valence-electron chi connectivity index (χ2n) is 5.25. The van der Waals surface area contributed by atoms with Gasteiger partial charge in [-0.2, -0.15) is 0 Å². The number of anilines is 2. The minimum atomic E-state index is -0.266. The van der Waals surface area contributed by atoms with Gasteiger partial charge in [-0.3, -0.25) is 9.78 Å². The van der Waals surface area contributed by atoms with Crippen LogP contribution in [0.5, 0.6) is 0 Å². The van der Waals surface area contributed by atoms with Gasteiger partial charge in [0, 0.05) is 19.6 Å². The molecule has 0 bridgehead atoms. The van der Waals surface area contributed by atoms with E-state index in [4.69, 9.17) is 4.74 Å². The van der Waals surface area contributed by atoms with E-state index in [0.717, 1.165) is 24.2 Å². The molecule has 1 saturated heterocycles. The Balaban J connectivity index is 1.77. The lowest BCUT2D eigenvalue weighted by atomic mass is 10.2. The molecule has 1 aliphatic carbocycles. The molecule has 20 heavy (non-hydrogen) atoms. The smallest absolute Gasteiger partial charge is 0.245 e. The number of carbonyl (C=O) groups excluding carboxylic acids is 1. The normalized spacial score (nSPS) is 22.4. The minimum absolute atomic E-state index is 0.0575. The van der Waals surface area contributed by atoms with Gasteiger partial charge in [-0.1, -0.05) is 0 Å². The fourth-order valence-electron chi connectivity index (χ4n) is 2.38. The lowest BCUT2D eigenvalue weighted by molar-refractivity contribution is -0.124. The Morgan fingerprint density at radius 2 is 2.30 bits per heavy atom. The van der Waals surface area contributed by atoms with Crippen LogP contribution in [0.25, 0.3) is 0 Å². The first-order chi connectivity index (χ1) is 9.78. The average molecular weight is 276 g/mol. The van der Waals surface area contributed by atoms with Gasteiger partial charge in [0.25, 0.3) is 0 Å². The van der Waals surface area contributed by atoms with Gasteiger partial charge in [0.2, 0.25) is 5.91 Å². The maximum Gasteiger partial charge on any atom is 0.245 e. The number of nitrogens with one attached hydrogen (secondary N) is 2. The molecule has 2 fully saturated rings. The van der Waals surface area contributed by atoms with Crippen LogP contribution < -0.4 is 15.5 Å². The van der Waals surface area contributed by atoms with Gasteiger partial charge < -0.3 is 20.3 Å². The third-order valence-corrected chi connectivity index (χ3v) is 3.70. The molecule has 1 aromatic rings. The Kier molecular flexibility index (Phi) is 3.73. The standard InChI is InChI=1S/C14H20N4O2/c1-15-11-6-12(8-16-7-11)18-4-5-20-9-13(18)14(19)17-10-2-3-10/h6-8,10,13,15H,2-5,9H2,1H3,(H,17,19). The van der Waals surface area contributed by atoms with Crippen molar-refractivity contribution in [1.82, 2.24) is 10.3 Å². The Morgan fingerprint density at radius 1 is 1.45 bits per heavy atom. The Morgan fingerprint density at radius 3 is 3.05 bits per heavy atom. The minimum Gasteiger partial charge on any atom is -0.387 e. The van der Waals surface area contributed by atoms with Crippen molar-refractivity contribution in [3.63, 3.8) is 0 Å². The van der Waals surface area contributed by atoms with Crippen molar-refractivity contribution < 1.29 is 9.53 Å². The van der Waals surface area contributed by atoms with Gasteiger partial charge in [-0.15, -0.1) is 0 Å². The van der Waals surface area contributed by atoms with Crippen LogP contribution in [0.4, 0.5) is 11.4 Å². The maximum absolute atomic E-state index is 12.3. The Bertz CT molecular complexity index is 490. The van der Waals surface area contributed by atoms with Crippen LogP contribution in [0, 0.1) is 0 Å². The van der Waals surface area contributed by atoms with Crippen molar-refractivity contribution in [1.29, 1.82) is 0 Å². The Hall–Kier alpha value is -1.82. The van der Waals surface area contributed by atoms with E-state index in [1.54, 1.807) is 12.4 Å². The predicted octanol–water partition coefficient (Wildman–Crippen LogP) is 0.607. The van der Waals surface area contributed by atoms with Gasteiger partial charge in [0.1, 0.15) is 6.04 Å². The summed E-state index contributed by atoms with van der Waals surface area (Å²) in [5, 5.41) is 6.13. The predicted molar refractivity (Wildman–Crippen MR) is 76.9 cm³/mol. The molecule has 0 spiro atoms. The summed E-state index contributed by atoms with van der Waals surface area (Å²) in [5.41, 5.74) is 1.89. The number of ether oxygens (including phenoxy) is 1. The molecule has 1 atom stereocenters. The van der Waals surface area contributed by atoms with Gasteiger partial charge in [0.15, 0.2) is 0 Å². The molecule has 1 aliphatic heterocycles. The molecular formula is C14H20N4O2. The number of hydrogen-bond acceptors (Lipinski definition) is 5. The highest BCUT2D eigenvalue weighted by Gasteiger charge is 2.33. The lowest BCUT2D eigenvalue weighted by Gasteiger charge is -2.36. The van der Waals surface area contributed by atoms with E-state index in [-0.39, 0.29) is 11.9 Å². The van der Waals surface area contributed by atoms with Crippen LogP contribution >= 0.6 is 0 Å². The molecule has 2 aliphatic rings. The van der Waals surface area contributed by atoms with E-state index in [0.29, 0.717) is 25.8 Å². The second kappa shape index (κ2) is 5.66. The van der Waals surface area contributed by atoms with Crippen LogP contribution in [0.3, 0.4) is 0 Å². The molecule has 1 saturated carbocycles. The molecule has 0 radical (unpaired) electrons. The summed E-state index contributed by atoms with van der Waals surface area (Å²) in [4.78, 5) is 18.6. The summed E-state index contributed by atoms with van der Waals surface area (Å²) >= 11 is 0. The largest absolute Gasteiger partial charge is 0.387 e. The molecule has 2 heterocycles. The monoisotopic (exact) mass is 276 g/mol. The summed E-state index contributed by atoms with van der Waals surface area (Å²) in [6.45, 7) is 1.77. The third kappa shape index (κ3) is 2.85. The first kappa shape index (κ1) is 13.2. The van der Waals surface area contributed by atoms with Gasteiger partial charge in [-0.05, 0) is 18.9 Å². The van der Waals surface area contributed by atoms with E-state index in [2.05, 4.69) is 20.5 Å². The van der Waals surface area contributed by atoms with Gasteiger partial charge in [0.05, 0.1) is 37.0 Å². The van der Waals surface area contributed by atoms with E-state index >= 15 is 0 Å². The number of pyridine rings is 1. The number of rotatable bonds is 4. The molecule has 0 aromatic carbocycles.